The molecule has 472 valence electrons. The molecule has 2 aliphatic carbocycles. The van der Waals surface area contributed by atoms with E-state index in [9.17, 15) is 53.6 Å². The van der Waals surface area contributed by atoms with Crippen molar-refractivity contribution in [3.63, 3.8) is 0 Å². The maximum absolute atomic E-state index is 13.4. The molecule has 2 saturated carbocycles. The van der Waals surface area contributed by atoms with Crippen LogP contribution in [0.3, 0.4) is 0 Å². The van der Waals surface area contributed by atoms with E-state index in [1.165, 1.54) is 0 Å². The Bertz CT molecular complexity index is 4480. The van der Waals surface area contributed by atoms with Crippen LogP contribution in [0.15, 0.2) is 138 Å². The Morgan fingerprint density at radius 2 is 1.00 bits per heavy atom. The average molecular weight is 1500 g/mol. The first-order valence-electron chi connectivity index (χ1n) is 25.4. The van der Waals surface area contributed by atoms with Gasteiger partial charge in [0.05, 0.1) is 43.9 Å². The Morgan fingerprint density at radius 3 is 1.36 bits per heavy atom. The lowest BCUT2D eigenvalue weighted by atomic mass is 9.88. The van der Waals surface area contributed by atoms with Gasteiger partial charge in [-0.05, 0) is 35.4 Å². The minimum Gasteiger partial charge on any atom is -0.486 e. The quantitative estimate of drug-likeness (QED) is 0.0268. The van der Waals surface area contributed by atoms with Gasteiger partial charge in [-0.1, -0.05) is 107 Å². The predicted molar refractivity (Wildman–Crippen MR) is 331 cm³/mol. The number of alkyl halides is 4. The lowest BCUT2D eigenvalue weighted by molar-refractivity contribution is 0.141. The summed E-state index contributed by atoms with van der Waals surface area (Å²) >= 11 is 25.1. The van der Waals surface area contributed by atoms with E-state index >= 15 is 0 Å². The van der Waals surface area contributed by atoms with Crippen LogP contribution in [-0.2, 0) is 32.3 Å². The molecule has 0 unspecified atom stereocenters. The average Bonchev–Trinajstić information content (AvgIpc) is 0.852. The van der Waals surface area contributed by atoms with Crippen LogP contribution in [0.4, 0.5) is 17.6 Å². The zero-order chi connectivity index (χ0) is 64.5. The van der Waals surface area contributed by atoms with E-state index in [-0.39, 0.29) is 120 Å². The van der Waals surface area contributed by atoms with Gasteiger partial charge in [0.2, 0.25) is 33.9 Å². The van der Waals surface area contributed by atoms with Crippen LogP contribution in [0.5, 0.6) is 34.8 Å². The Hall–Kier alpha value is -7.70. The smallest absolute Gasteiger partial charge is 0.349 e. The fourth-order valence-corrected chi connectivity index (χ4v) is 11.5. The highest BCUT2D eigenvalue weighted by atomic mass is 127. The number of sulfonamides is 1. The first-order chi connectivity index (χ1) is 42.2. The zero-order valence-electron chi connectivity index (χ0n) is 45.3. The Balaban J connectivity index is 0.000000230. The van der Waals surface area contributed by atoms with Crippen LogP contribution in [0.25, 0.3) is 21.1 Å². The maximum atomic E-state index is 13.4. The number of aromatic nitrogens is 8. The molecule has 0 spiro atoms. The van der Waals surface area contributed by atoms with Crippen molar-refractivity contribution in [3.05, 3.63) is 217 Å². The summed E-state index contributed by atoms with van der Waals surface area (Å²) in [5.74, 6) is -1.16. The van der Waals surface area contributed by atoms with E-state index in [0.717, 1.165) is 72.8 Å². The number of H-pyrrole nitrogens is 2. The van der Waals surface area contributed by atoms with Gasteiger partial charge in [0.1, 0.15) is 23.0 Å². The van der Waals surface area contributed by atoms with Gasteiger partial charge in [-0.15, -0.1) is 24.0 Å². The molecular formula is C54H42Cl5F4IN12O12S2. The van der Waals surface area contributed by atoms with Crippen molar-refractivity contribution >= 4 is 100 Å². The fraction of sp³-hybridized carbons (Fsp3) is 0.222. The number of pyridine rings is 2. The lowest BCUT2D eigenvalue weighted by Gasteiger charge is -2.27. The summed E-state index contributed by atoms with van der Waals surface area (Å²) in [6.07, 6.45) is -1.71. The summed E-state index contributed by atoms with van der Waals surface area (Å²) in [6, 6.07) is 24.4. The van der Waals surface area contributed by atoms with Crippen molar-refractivity contribution in [1.29, 1.82) is 0 Å². The van der Waals surface area contributed by atoms with Crippen molar-refractivity contribution in [1.82, 2.24) is 44.2 Å². The van der Waals surface area contributed by atoms with Gasteiger partial charge in [0.25, 0.3) is 33.0 Å². The number of rotatable bonds is 18. The summed E-state index contributed by atoms with van der Waals surface area (Å²) in [4.78, 5) is 65.1. The summed E-state index contributed by atoms with van der Waals surface area (Å²) in [6.45, 7) is 13.7. The molecule has 0 saturated heterocycles. The van der Waals surface area contributed by atoms with E-state index < -0.39 is 76.7 Å². The molecule has 24 nitrogen and oxygen atoms in total. The first-order valence-corrected chi connectivity index (χ1v) is 30.7. The van der Waals surface area contributed by atoms with Crippen LogP contribution in [0.2, 0.25) is 20.1 Å². The van der Waals surface area contributed by atoms with Crippen molar-refractivity contribution in [2.24, 2.45) is 5.73 Å². The summed E-state index contributed by atoms with van der Waals surface area (Å²) in [7, 11) is -2.92. The summed E-state index contributed by atoms with van der Waals surface area (Å²) < 4.78 is 130. The second-order valence-electron chi connectivity index (χ2n) is 18.9. The van der Waals surface area contributed by atoms with E-state index in [4.69, 9.17) is 94.9 Å². The molecule has 0 amide bonds. The molecule has 5 N–H and O–H groups in total. The van der Waals surface area contributed by atoms with Gasteiger partial charge in [-0.25, -0.2) is 71.8 Å². The molecule has 2 fully saturated rings. The molecule has 4 aromatic carbocycles. The molecule has 90 heavy (non-hydrogen) atoms. The molecule has 0 bridgehead atoms. The van der Waals surface area contributed by atoms with E-state index in [1.807, 2.05) is 12.1 Å². The van der Waals surface area contributed by atoms with Gasteiger partial charge in [-0.2, -0.15) is 19.6 Å². The van der Waals surface area contributed by atoms with Crippen molar-refractivity contribution in [2.75, 3.05) is 0 Å². The zero-order valence-corrected chi connectivity index (χ0v) is 53.0. The molecular weight excluding hydrogens is 1450 g/mol. The fourth-order valence-electron chi connectivity index (χ4n) is 8.02. The van der Waals surface area contributed by atoms with E-state index in [0.29, 0.717) is 28.2 Å². The van der Waals surface area contributed by atoms with Crippen molar-refractivity contribution < 1.29 is 53.3 Å². The molecule has 8 aromatic rings. The van der Waals surface area contributed by atoms with Gasteiger partial charge >= 0.3 is 11.4 Å². The number of nitrogens with one attached hydrogen (secondary N) is 3. The highest BCUT2D eigenvalue weighted by molar-refractivity contribution is 14.0. The van der Waals surface area contributed by atoms with Gasteiger partial charge in [0, 0.05) is 60.6 Å². The highest BCUT2D eigenvalue weighted by Gasteiger charge is 2.38. The third-order valence-corrected chi connectivity index (χ3v) is 16.6. The second-order valence-corrected chi connectivity index (χ2v) is 24.8. The van der Waals surface area contributed by atoms with Gasteiger partial charge in [-0.3, -0.25) is 19.6 Å². The van der Waals surface area contributed by atoms with Gasteiger partial charge in [0.15, 0.2) is 34.4 Å². The molecule has 10 rings (SSSR count). The monoisotopic (exact) mass is 1490 g/mol. The third kappa shape index (κ3) is 17.6. The first kappa shape index (κ1) is 69.8. The second kappa shape index (κ2) is 30.4. The normalized spacial score (nSPS) is 15.8. The van der Waals surface area contributed by atoms with E-state index in [1.54, 1.807) is 58.5 Å². The number of halogens is 10. The van der Waals surface area contributed by atoms with Crippen LogP contribution in [0.1, 0.15) is 61.0 Å². The standard InChI is InChI=1S/C27H20Cl2F2N6O6S.C22H13Cl3F2N4O6S.C5H8N2.HI/c1-32-15-7-16(8-15)36-44(40,41)21-11-22(33-12-20(21)42-13-14-5-3-2-4-6-14)43-24-18(28)9-17(10-19(24)29)37-27(39)34-26(38)23(35-37)25(30)31;23-13-6-12(31-22(33)29-21(32)18(30-31)20(26)27)7-14(24)19(13)37-17-8-16(38(25,34)35)15(9-28-17)36-10-11-4-2-1-3-5-11;1-7-5-2-4(6)3-5;/h2-6,9-12,15-16,25,36H,7-8,13H2,(H,34,38,39);1-9,20H,10H2,(H,29,32,33);4-5H,2-3,6H2;1H. The molecule has 0 radical (unpaired) electrons. The highest BCUT2D eigenvalue weighted by Crippen LogP contribution is 2.41. The molecule has 0 aliphatic heterocycles. The molecule has 4 aromatic heterocycles. The van der Waals surface area contributed by atoms with Crippen LogP contribution in [0, 0.1) is 13.1 Å². The molecule has 4 heterocycles. The minimum absolute atomic E-state index is 0. The van der Waals surface area contributed by atoms with Crippen LogP contribution >= 0.6 is 81.1 Å². The number of nitrogens with zero attached hydrogens (tertiary/aromatic N) is 8. The van der Waals surface area contributed by atoms with Gasteiger partial charge < -0.3 is 34.4 Å². The molecule has 0 atom stereocenters. The number of hydrogen-bond donors (Lipinski definition) is 4. The minimum atomic E-state index is -4.31. The van der Waals surface area contributed by atoms with Crippen molar-refractivity contribution in [2.45, 2.75) is 85.7 Å². The number of benzene rings is 4. The maximum Gasteiger partial charge on any atom is 0.349 e. The number of ether oxygens (including phenoxy) is 4. The summed E-state index contributed by atoms with van der Waals surface area (Å²) in [5.41, 5.74) is -0.700. The number of hydrogen-bond acceptors (Lipinski definition) is 17. The SMILES string of the molecule is I.O=c1[nH]c(=O)n(-c2cc(Cl)c(Oc3cc(S(=O)(=O)Cl)c(OCc4ccccc4)cn3)c(Cl)c2)nc1C(F)F.[C-]#[N+]C1CC(N)C1.[C-]#[N+]C1CC(NS(=O)(=O)c2cc(Oc3c(Cl)cc(-n4nc(C(F)F)c(=O)[nH]c4=O)cc3Cl)ncc2OCc2ccccc2)C1. The Morgan fingerprint density at radius 1 is 0.622 bits per heavy atom. The number of nitrogens with two attached hydrogens (primary N) is 1. The largest absolute Gasteiger partial charge is 0.486 e. The molecule has 2 aliphatic rings. The molecule has 36 heteroatoms. The number of aromatic amines is 2. The van der Waals surface area contributed by atoms with Crippen molar-refractivity contribution in [3.8, 4) is 46.1 Å². The Labute approximate surface area is 547 Å². The summed E-state index contributed by atoms with van der Waals surface area (Å²) in [5, 5.41) is 5.87. The topological polar surface area (TPSA) is 313 Å². The van der Waals surface area contributed by atoms with E-state index in [2.05, 4.69) is 34.6 Å². The predicted octanol–water partition coefficient (Wildman–Crippen LogP) is 10.5. The van der Waals surface area contributed by atoms with Crippen LogP contribution < -0.4 is 51.9 Å². The lowest BCUT2D eigenvalue weighted by Crippen LogP contribution is -2.45. The Kier molecular flexibility index (Phi) is 23.6. The third-order valence-electron chi connectivity index (χ3n) is 12.6. The van der Waals surface area contributed by atoms with Crippen LogP contribution in [-0.4, -0.2) is 80.5 Å².